The molecular weight excluding hydrogens is 354 g/mol. The van der Waals surface area contributed by atoms with E-state index < -0.39 is 0 Å². The number of nitrogens with zero attached hydrogens (tertiary/aromatic N) is 2. The van der Waals surface area contributed by atoms with Gasteiger partial charge in [0.1, 0.15) is 6.54 Å². The second-order valence-corrected chi connectivity index (χ2v) is 7.62. The van der Waals surface area contributed by atoms with Gasteiger partial charge in [-0.3, -0.25) is 14.8 Å². The molecule has 0 radical (unpaired) electrons. The first kappa shape index (κ1) is 17.6. The molecule has 0 atom stereocenters. The number of aryl methyl sites for hydroxylation is 1. The Balaban J connectivity index is 1.67. The summed E-state index contributed by atoms with van der Waals surface area (Å²) in [5.74, 6) is 0.0375. The van der Waals surface area contributed by atoms with Gasteiger partial charge in [0, 0.05) is 45.4 Å². The van der Waals surface area contributed by atoms with Gasteiger partial charge in [-0.1, -0.05) is 41.6 Å². The van der Waals surface area contributed by atoms with Crippen LogP contribution in [0.5, 0.6) is 0 Å². The highest BCUT2D eigenvalue weighted by Crippen LogP contribution is 2.31. The third-order valence-electron chi connectivity index (χ3n) is 4.54. The molecule has 5 heteroatoms. The van der Waals surface area contributed by atoms with Crippen LogP contribution in [0.3, 0.4) is 0 Å². The molecule has 0 bridgehead atoms. The third kappa shape index (κ3) is 3.70. The van der Waals surface area contributed by atoms with E-state index in [0.29, 0.717) is 12.1 Å². The number of hydrogen-bond donors (Lipinski definition) is 1. The summed E-state index contributed by atoms with van der Waals surface area (Å²) in [6.45, 7) is 2.59. The molecule has 3 aromatic rings. The van der Waals surface area contributed by atoms with Crippen LogP contribution < -0.4 is 5.73 Å². The molecule has 2 aromatic carbocycles. The molecule has 0 saturated heterocycles. The fourth-order valence-electron chi connectivity index (χ4n) is 3.09. The monoisotopic (exact) mass is 373 g/mol. The number of ketones is 1. The fraction of sp³-hybridized carbons (Fsp3) is 0.136. The lowest BCUT2D eigenvalue weighted by atomic mass is 9.93. The molecule has 1 aliphatic rings. The smallest absolute Gasteiger partial charge is 0.184 e. The Labute approximate surface area is 162 Å². The van der Waals surface area contributed by atoms with Gasteiger partial charge in [0.05, 0.1) is 5.71 Å². The zero-order valence-corrected chi connectivity index (χ0v) is 15.8. The number of nitrogens with two attached hydrogens (primary N) is 1. The van der Waals surface area contributed by atoms with Crippen molar-refractivity contribution >= 4 is 23.3 Å². The minimum Gasteiger partial charge on any atom is -0.325 e. The van der Waals surface area contributed by atoms with Crippen molar-refractivity contribution in [3.05, 3.63) is 77.6 Å². The molecule has 1 aliphatic heterocycles. The van der Waals surface area contributed by atoms with E-state index in [0.717, 1.165) is 27.3 Å². The van der Waals surface area contributed by atoms with Crippen LogP contribution in [0, 0.1) is 6.92 Å². The van der Waals surface area contributed by atoms with Crippen molar-refractivity contribution in [2.45, 2.75) is 16.7 Å². The van der Waals surface area contributed by atoms with E-state index in [-0.39, 0.29) is 12.3 Å². The zero-order valence-electron chi connectivity index (χ0n) is 15.0. The van der Waals surface area contributed by atoms with Crippen molar-refractivity contribution < 1.29 is 4.79 Å². The number of benzene rings is 2. The van der Waals surface area contributed by atoms with Gasteiger partial charge in [0.15, 0.2) is 5.78 Å². The minimum atomic E-state index is 0.0375. The number of aromatic nitrogens is 1. The summed E-state index contributed by atoms with van der Waals surface area (Å²) in [7, 11) is 0. The van der Waals surface area contributed by atoms with Crippen LogP contribution in [-0.4, -0.2) is 29.6 Å². The molecule has 0 aliphatic carbocycles. The Hall–Kier alpha value is -2.76. The van der Waals surface area contributed by atoms with E-state index in [1.807, 2.05) is 30.6 Å². The zero-order chi connectivity index (χ0) is 18.8. The van der Waals surface area contributed by atoms with E-state index in [1.54, 1.807) is 11.8 Å². The molecule has 0 unspecified atom stereocenters. The molecule has 134 valence electrons. The van der Waals surface area contributed by atoms with Crippen molar-refractivity contribution in [2.24, 2.45) is 10.7 Å². The fourth-order valence-corrected chi connectivity index (χ4v) is 3.94. The Bertz CT molecular complexity index is 1040. The first-order valence-corrected chi connectivity index (χ1v) is 9.56. The van der Waals surface area contributed by atoms with Gasteiger partial charge < -0.3 is 5.73 Å². The van der Waals surface area contributed by atoms with Gasteiger partial charge in [-0.2, -0.15) is 0 Å². The van der Waals surface area contributed by atoms with E-state index in [1.165, 1.54) is 10.5 Å². The lowest BCUT2D eigenvalue weighted by Gasteiger charge is -2.16. The molecule has 4 nitrogen and oxygen atoms in total. The Morgan fingerprint density at radius 2 is 1.78 bits per heavy atom. The number of rotatable bonds is 4. The average molecular weight is 373 g/mol. The number of pyridine rings is 1. The van der Waals surface area contributed by atoms with Crippen molar-refractivity contribution in [1.82, 2.24) is 4.98 Å². The van der Waals surface area contributed by atoms with E-state index in [2.05, 4.69) is 47.2 Å². The van der Waals surface area contributed by atoms with Gasteiger partial charge in [-0.15, -0.1) is 0 Å². The first-order valence-electron chi connectivity index (χ1n) is 8.75. The summed E-state index contributed by atoms with van der Waals surface area (Å²) >= 11 is 1.68. The summed E-state index contributed by atoms with van der Waals surface area (Å²) in [4.78, 5) is 23.1. The van der Waals surface area contributed by atoms with E-state index in [9.17, 15) is 4.79 Å². The van der Waals surface area contributed by atoms with Crippen LogP contribution in [0.15, 0.2) is 75.7 Å². The summed E-state index contributed by atoms with van der Waals surface area (Å²) in [6.07, 6.45) is 3.70. The topological polar surface area (TPSA) is 68.3 Å². The standard InChI is InChI=1S/C22H19N3OS/c1-14-2-5-17(6-3-14)27-18-8-16(11-24-12-18)15-4-7-19-20(9-15)21(10-23)25-13-22(19)26/h2-9,11-12H,10,13,23H2,1H3. The molecule has 2 N–H and O–H groups in total. The molecule has 1 aromatic heterocycles. The van der Waals surface area contributed by atoms with Crippen LogP contribution in [0.4, 0.5) is 0 Å². The van der Waals surface area contributed by atoms with Crippen LogP contribution >= 0.6 is 11.8 Å². The largest absolute Gasteiger partial charge is 0.325 e. The number of fused-ring (bicyclic) bond motifs is 1. The lowest BCUT2D eigenvalue weighted by molar-refractivity contribution is 0.1000. The molecule has 0 amide bonds. The van der Waals surface area contributed by atoms with Crippen LogP contribution in [0.25, 0.3) is 11.1 Å². The van der Waals surface area contributed by atoms with E-state index in [4.69, 9.17) is 5.73 Å². The quantitative estimate of drug-likeness (QED) is 0.746. The lowest BCUT2D eigenvalue weighted by Crippen LogP contribution is -2.24. The van der Waals surface area contributed by atoms with Gasteiger partial charge in [0.2, 0.25) is 0 Å². The van der Waals surface area contributed by atoms with Crippen LogP contribution in [-0.2, 0) is 0 Å². The van der Waals surface area contributed by atoms with Crippen molar-refractivity contribution in [3.63, 3.8) is 0 Å². The second-order valence-electron chi connectivity index (χ2n) is 6.48. The Morgan fingerprint density at radius 1 is 0.963 bits per heavy atom. The molecule has 2 heterocycles. The number of hydrogen-bond acceptors (Lipinski definition) is 5. The average Bonchev–Trinajstić information content (AvgIpc) is 2.70. The van der Waals surface area contributed by atoms with E-state index >= 15 is 0 Å². The van der Waals surface area contributed by atoms with Crippen molar-refractivity contribution in [1.29, 1.82) is 0 Å². The van der Waals surface area contributed by atoms with Gasteiger partial charge in [-0.25, -0.2) is 0 Å². The third-order valence-corrected chi connectivity index (χ3v) is 5.51. The van der Waals surface area contributed by atoms with Gasteiger partial charge in [-0.05, 0) is 36.8 Å². The maximum Gasteiger partial charge on any atom is 0.184 e. The molecule has 0 fully saturated rings. The number of Topliss-reactive ketones (excluding diaryl/α,β-unsaturated/α-hetero) is 1. The van der Waals surface area contributed by atoms with Crippen LogP contribution in [0.1, 0.15) is 21.5 Å². The summed E-state index contributed by atoms with van der Waals surface area (Å²) < 4.78 is 0. The first-order chi connectivity index (χ1) is 13.1. The van der Waals surface area contributed by atoms with Gasteiger partial charge >= 0.3 is 0 Å². The Morgan fingerprint density at radius 3 is 2.56 bits per heavy atom. The maximum atomic E-state index is 12.1. The predicted molar refractivity (Wildman–Crippen MR) is 110 cm³/mol. The Kier molecular flexibility index (Phi) is 4.88. The SMILES string of the molecule is Cc1ccc(Sc2cncc(-c3ccc4c(c3)C(CN)=NCC4=O)c2)cc1. The summed E-state index contributed by atoms with van der Waals surface area (Å²) in [5.41, 5.74) is 11.4. The molecule has 0 spiro atoms. The molecule has 27 heavy (non-hydrogen) atoms. The van der Waals surface area contributed by atoms with Gasteiger partial charge in [0.25, 0.3) is 0 Å². The molecule has 0 saturated carbocycles. The highest BCUT2D eigenvalue weighted by atomic mass is 32.2. The van der Waals surface area contributed by atoms with Crippen molar-refractivity contribution in [3.8, 4) is 11.1 Å². The minimum absolute atomic E-state index is 0.0375. The predicted octanol–water partition coefficient (Wildman–Crippen LogP) is 4.15. The summed E-state index contributed by atoms with van der Waals surface area (Å²) in [5, 5.41) is 0. The summed E-state index contributed by atoms with van der Waals surface area (Å²) in [6, 6.07) is 16.4. The highest BCUT2D eigenvalue weighted by Gasteiger charge is 2.20. The number of carbonyl (C=O) groups excluding carboxylic acids is 1. The normalized spacial score (nSPS) is 13.3. The number of carbonyl (C=O) groups is 1. The number of aliphatic imine (C=N–C) groups is 1. The van der Waals surface area contributed by atoms with Crippen LogP contribution in [0.2, 0.25) is 0 Å². The molecule has 4 rings (SSSR count). The maximum absolute atomic E-state index is 12.1. The molecular formula is C22H19N3OS. The highest BCUT2D eigenvalue weighted by molar-refractivity contribution is 7.99. The van der Waals surface area contributed by atoms with Crippen molar-refractivity contribution in [2.75, 3.05) is 13.1 Å². The second kappa shape index (κ2) is 7.47.